The van der Waals surface area contributed by atoms with E-state index in [0.29, 0.717) is 17.4 Å². The number of ether oxygens (including phenoxy) is 1. The largest absolute Gasteiger partial charge is 0.383 e. The van der Waals surface area contributed by atoms with Crippen LogP contribution in [0.15, 0.2) is 29.2 Å². The van der Waals surface area contributed by atoms with Crippen molar-refractivity contribution in [1.29, 1.82) is 0 Å². The van der Waals surface area contributed by atoms with Crippen LogP contribution >= 0.6 is 0 Å². The monoisotopic (exact) mass is 326 g/mol. The van der Waals surface area contributed by atoms with Crippen molar-refractivity contribution in [2.24, 2.45) is 5.92 Å². The van der Waals surface area contributed by atoms with E-state index in [2.05, 4.69) is 9.62 Å². The van der Waals surface area contributed by atoms with Crippen LogP contribution in [0.5, 0.6) is 0 Å². The van der Waals surface area contributed by atoms with Gasteiger partial charge in [0.25, 0.3) is 0 Å². The zero-order chi connectivity index (χ0) is 16.0. The second-order valence-corrected chi connectivity index (χ2v) is 7.71. The lowest BCUT2D eigenvalue weighted by Gasteiger charge is -2.31. The normalized spacial score (nSPS) is 17.7. The van der Waals surface area contributed by atoms with Gasteiger partial charge in [0.05, 0.1) is 11.5 Å². The van der Waals surface area contributed by atoms with Gasteiger partial charge in [0.1, 0.15) is 0 Å². The van der Waals surface area contributed by atoms with E-state index in [0.717, 1.165) is 44.6 Å². The van der Waals surface area contributed by atoms with Gasteiger partial charge in [-0.25, -0.2) is 13.1 Å². The Morgan fingerprint density at radius 2 is 1.86 bits per heavy atom. The van der Waals surface area contributed by atoms with Gasteiger partial charge in [-0.05, 0) is 50.9 Å². The maximum absolute atomic E-state index is 12.3. The molecular formula is C16H26N2O3S. The lowest BCUT2D eigenvalue weighted by atomic mass is 9.97. The number of benzene rings is 1. The van der Waals surface area contributed by atoms with Crippen molar-refractivity contribution in [3.8, 4) is 0 Å². The highest BCUT2D eigenvalue weighted by Crippen LogP contribution is 2.17. The average molecular weight is 326 g/mol. The molecule has 0 radical (unpaired) electrons. The quantitative estimate of drug-likeness (QED) is 0.827. The zero-order valence-corrected chi connectivity index (χ0v) is 14.2. The van der Waals surface area contributed by atoms with Crippen LogP contribution in [0.2, 0.25) is 0 Å². The van der Waals surface area contributed by atoms with E-state index >= 15 is 0 Å². The summed E-state index contributed by atoms with van der Waals surface area (Å²) >= 11 is 0. The summed E-state index contributed by atoms with van der Waals surface area (Å²) in [6.45, 7) is 6.21. The number of aryl methyl sites for hydroxylation is 1. The molecule has 1 N–H and O–H groups in total. The van der Waals surface area contributed by atoms with Crippen LogP contribution in [0, 0.1) is 12.8 Å². The number of hydrogen-bond donors (Lipinski definition) is 1. The Kier molecular flexibility index (Phi) is 6.37. The Bertz CT molecular complexity index is 549. The molecule has 1 aromatic rings. The van der Waals surface area contributed by atoms with Crippen LogP contribution in [0.25, 0.3) is 0 Å². The molecule has 0 aliphatic carbocycles. The van der Waals surface area contributed by atoms with Gasteiger partial charge < -0.3 is 9.64 Å². The Balaban J connectivity index is 1.79. The van der Waals surface area contributed by atoms with Crippen LogP contribution in [0.1, 0.15) is 18.4 Å². The van der Waals surface area contributed by atoms with Crippen molar-refractivity contribution < 1.29 is 13.2 Å². The highest BCUT2D eigenvalue weighted by molar-refractivity contribution is 7.89. The average Bonchev–Trinajstić information content (AvgIpc) is 2.52. The van der Waals surface area contributed by atoms with Gasteiger partial charge >= 0.3 is 0 Å². The number of hydrogen-bond acceptors (Lipinski definition) is 4. The summed E-state index contributed by atoms with van der Waals surface area (Å²) < 4.78 is 32.3. The first-order valence-electron chi connectivity index (χ1n) is 7.79. The van der Waals surface area contributed by atoms with Gasteiger partial charge in [0.2, 0.25) is 10.0 Å². The molecule has 1 saturated heterocycles. The van der Waals surface area contributed by atoms with E-state index in [1.54, 1.807) is 19.2 Å². The second-order valence-electron chi connectivity index (χ2n) is 5.94. The third-order valence-electron chi connectivity index (χ3n) is 4.21. The molecular weight excluding hydrogens is 300 g/mol. The molecule has 1 fully saturated rings. The van der Waals surface area contributed by atoms with E-state index in [1.807, 2.05) is 19.1 Å². The molecule has 1 aromatic carbocycles. The van der Waals surface area contributed by atoms with Crippen molar-refractivity contribution in [2.45, 2.75) is 24.7 Å². The van der Waals surface area contributed by atoms with Gasteiger partial charge in [0, 0.05) is 20.2 Å². The Morgan fingerprint density at radius 3 is 2.45 bits per heavy atom. The maximum Gasteiger partial charge on any atom is 0.240 e. The lowest BCUT2D eigenvalue weighted by molar-refractivity contribution is 0.121. The van der Waals surface area contributed by atoms with E-state index in [9.17, 15) is 8.42 Å². The molecule has 5 nitrogen and oxygen atoms in total. The first-order valence-corrected chi connectivity index (χ1v) is 9.27. The summed E-state index contributed by atoms with van der Waals surface area (Å²) in [5, 5.41) is 0. The Labute approximate surface area is 133 Å². The van der Waals surface area contributed by atoms with E-state index in [1.165, 1.54) is 0 Å². The molecule has 22 heavy (non-hydrogen) atoms. The minimum absolute atomic E-state index is 0.343. The summed E-state index contributed by atoms with van der Waals surface area (Å²) in [6, 6.07) is 6.96. The number of sulfonamides is 1. The van der Waals surface area contributed by atoms with Crippen molar-refractivity contribution in [1.82, 2.24) is 9.62 Å². The summed E-state index contributed by atoms with van der Waals surface area (Å²) in [6.07, 6.45) is 2.06. The van der Waals surface area contributed by atoms with Crippen molar-refractivity contribution in [3.63, 3.8) is 0 Å². The molecule has 1 aliphatic rings. The van der Waals surface area contributed by atoms with E-state index in [4.69, 9.17) is 4.74 Å². The second kappa shape index (κ2) is 8.06. The molecule has 0 spiro atoms. The van der Waals surface area contributed by atoms with Crippen molar-refractivity contribution in [2.75, 3.05) is 39.9 Å². The summed E-state index contributed by atoms with van der Waals surface area (Å²) in [5.74, 6) is 0.416. The fraction of sp³-hybridized carbons (Fsp3) is 0.625. The molecule has 0 unspecified atom stereocenters. The zero-order valence-electron chi connectivity index (χ0n) is 13.4. The van der Waals surface area contributed by atoms with E-state index in [-0.39, 0.29) is 0 Å². The first-order chi connectivity index (χ1) is 10.5. The maximum atomic E-state index is 12.3. The SMILES string of the molecule is COCCN1CCC(CNS(=O)(=O)c2ccc(C)cc2)CC1. The number of methoxy groups -OCH3 is 1. The van der Waals surface area contributed by atoms with E-state index < -0.39 is 10.0 Å². The number of nitrogens with one attached hydrogen (secondary N) is 1. The molecule has 124 valence electrons. The molecule has 0 saturated carbocycles. The third kappa shape index (κ3) is 5.05. The molecule has 1 aliphatic heterocycles. The van der Waals surface area contributed by atoms with Crippen LogP contribution in [0.3, 0.4) is 0 Å². The third-order valence-corrected chi connectivity index (χ3v) is 5.65. The molecule has 0 amide bonds. The lowest BCUT2D eigenvalue weighted by Crippen LogP contribution is -2.39. The highest BCUT2D eigenvalue weighted by atomic mass is 32.2. The predicted octanol–water partition coefficient (Wildman–Crippen LogP) is 1.63. The molecule has 1 heterocycles. The number of piperidine rings is 1. The number of likely N-dealkylation sites (tertiary alicyclic amines) is 1. The van der Waals surface area contributed by atoms with Crippen molar-refractivity contribution >= 4 is 10.0 Å². The highest BCUT2D eigenvalue weighted by Gasteiger charge is 2.21. The Hall–Kier alpha value is -0.950. The molecule has 6 heteroatoms. The molecule has 0 aromatic heterocycles. The fourth-order valence-corrected chi connectivity index (χ4v) is 3.78. The minimum Gasteiger partial charge on any atom is -0.383 e. The number of rotatable bonds is 7. The number of nitrogens with zero attached hydrogens (tertiary/aromatic N) is 1. The topological polar surface area (TPSA) is 58.6 Å². The van der Waals surface area contributed by atoms with Gasteiger partial charge in [-0.1, -0.05) is 17.7 Å². The first kappa shape index (κ1) is 17.4. The van der Waals surface area contributed by atoms with Gasteiger partial charge in [-0.3, -0.25) is 0 Å². The Morgan fingerprint density at radius 1 is 1.23 bits per heavy atom. The minimum atomic E-state index is -3.39. The van der Waals surface area contributed by atoms with Crippen molar-refractivity contribution in [3.05, 3.63) is 29.8 Å². The van der Waals surface area contributed by atoms with Gasteiger partial charge in [0.15, 0.2) is 0 Å². The van der Waals surface area contributed by atoms with Crippen LogP contribution < -0.4 is 4.72 Å². The summed E-state index contributed by atoms with van der Waals surface area (Å²) in [5.41, 5.74) is 1.06. The molecule has 0 bridgehead atoms. The van der Waals surface area contributed by atoms with Crippen LogP contribution in [-0.2, 0) is 14.8 Å². The summed E-state index contributed by atoms with van der Waals surface area (Å²) in [4.78, 5) is 2.71. The fourth-order valence-electron chi connectivity index (χ4n) is 2.66. The van der Waals surface area contributed by atoms with Gasteiger partial charge in [-0.15, -0.1) is 0 Å². The standard InChI is InChI=1S/C16H26N2O3S/c1-14-3-5-16(6-4-14)22(19,20)17-13-15-7-9-18(10-8-15)11-12-21-2/h3-6,15,17H,7-13H2,1-2H3. The predicted molar refractivity (Wildman–Crippen MR) is 87.4 cm³/mol. The summed E-state index contributed by atoms with van der Waals surface area (Å²) in [7, 11) is -1.67. The smallest absolute Gasteiger partial charge is 0.240 e. The molecule has 0 atom stereocenters. The van der Waals surface area contributed by atoms with Crippen LogP contribution in [0.4, 0.5) is 0 Å². The van der Waals surface area contributed by atoms with Gasteiger partial charge in [-0.2, -0.15) is 0 Å². The van der Waals surface area contributed by atoms with Crippen LogP contribution in [-0.4, -0.2) is 53.2 Å². The molecule has 2 rings (SSSR count).